The smallest absolute Gasteiger partial charge is 0.330 e. The van der Waals surface area contributed by atoms with Crippen LogP contribution in [0.15, 0.2) is 15.8 Å². The minimum atomic E-state index is -2.20. The van der Waals surface area contributed by atoms with Crippen molar-refractivity contribution in [3.63, 3.8) is 0 Å². The van der Waals surface area contributed by atoms with Crippen molar-refractivity contribution in [2.45, 2.75) is 90.1 Å². The molecule has 1 N–H and O–H groups in total. The van der Waals surface area contributed by atoms with Crippen molar-refractivity contribution in [2.24, 2.45) is 0 Å². The molecule has 9 nitrogen and oxygen atoms in total. The van der Waals surface area contributed by atoms with Crippen molar-refractivity contribution in [1.82, 2.24) is 9.55 Å². The topological polar surface area (TPSA) is 116 Å². The lowest BCUT2D eigenvalue weighted by Gasteiger charge is -2.40. The molecule has 11 heteroatoms. The van der Waals surface area contributed by atoms with Gasteiger partial charge >= 0.3 is 5.69 Å². The Balaban J connectivity index is 2.46. The first kappa shape index (κ1) is 26.9. The average molecular weight is 486 g/mol. The Bertz CT molecular complexity index is 935. The standard InChI is InChI=1S/C21H36N3O6PSi/c1-9-15-16(30-32(7,8)21(3,4)5)17(29-31(6)27-12-10-11-22)19(28-15)24-13-14(2)18(25)23-20(24)26/h13,15-17,19H,9-10,12H2,1-8H3,(H,23,25,26)/t15-,16+,17?,19-,31?/m1/s1. The largest absolute Gasteiger partial charge is 0.408 e. The van der Waals surface area contributed by atoms with Gasteiger partial charge in [-0.1, -0.05) is 27.7 Å². The first-order valence-electron chi connectivity index (χ1n) is 10.9. The third-order valence-electron chi connectivity index (χ3n) is 6.10. The van der Waals surface area contributed by atoms with Gasteiger partial charge in [0.25, 0.3) is 5.56 Å². The Morgan fingerprint density at radius 2 is 1.97 bits per heavy atom. The molecule has 5 atom stereocenters. The molecular weight excluding hydrogens is 449 g/mol. The monoisotopic (exact) mass is 485 g/mol. The molecule has 2 rings (SSSR count). The summed E-state index contributed by atoms with van der Waals surface area (Å²) in [5.41, 5.74) is -0.592. The van der Waals surface area contributed by atoms with E-state index in [1.807, 2.05) is 19.7 Å². The van der Waals surface area contributed by atoms with Crippen LogP contribution in [0.2, 0.25) is 18.1 Å². The summed E-state index contributed by atoms with van der Waals surface area (Å²) in [6.45, 7) is 16.5. The molecule has 1 saturated heterocycles. The number of aromatic nitrogens is 2. The predicted molar refractivity (Wildman–Crippen MR) is 126 cm³/mol. The first-order valence-corrected chi connectivity index (χ1v) is 15.4. The molecule has 1 aromatic heterocycles. The second kappa shape index (κ2) is 10.7. The summed E-state index contributed by atoms with van der Waals surface area (Å²) in [5.74, 6) is 0. The molecule has 0 bridgehead atoms. The van der Waals surface area contributed by atoms with Gasteiger partial charge in [0.05, 0.1) is 25.2 Å². The fourth-order valence-electron chi connectivity index (χ4n) is 3.23. The Hall–Kier alpha value is -1.34. The highest BCUT2D eigenvalue weighted by Gasteiger charge is 2.51. The fraction of sp³-hybridized carbons (Fsp3) is 0.762. The van der Waals surface area contributed by atoms with Crippen molar-refractivity contribution >= 4 is 16.7 Å². The number of nitrogens with zero attached hydrogens (tertiary/aromatic N) is 2. The van der Waals surface area contributed by atoms with E-state index in [0.29, 0.717) is 12.0 Å². The molecule has 2 heterocycles. The zero-order chi connectivity index (χ0) is 24.3. The zero-order valence-corrected chi connectivity index (χ0v) is 22.2. The number of nitriles is 1. The molecule has 32 heavy (non-hydrogen) atoms. The summed E-state index contributed by atoms with van der Waals surface area (Å²) in [6.07, 6.45) is 0.343. The quantitative estimate of drug-likeness (QED) is 0.321. The summed E-state index contributed by atoms with van der Waals surface area (Å²) in [5, 5.41) is 8.75. The summed E-state index contributed by atoms with van der Waals surface area (Å²) in [6, 6.07) is 2.05. The van der Waals surface area contributed by atoms with Crippen LogP contribution in [-0.2, 0) is 18.2 Å². The van der Waals surface area contributed by atoms with E-state index in [-0.39, 0.29) is 24.2 Å². The zero-order valence-electron chi connectivity index (χ0n) is 20.3. The van der Waals surface area contributed by atoms with Gasteiger partial charge < -0.3 is 18.2 Å². The van der Waals surface area contributed by atoms with E-state index >= 15 is 0 Å². The van der Waals surface area contributed by atoms with Gasteiger partial charge in [-0.2, -0.15) is 5.26 Å². The molecule has 0 aromatic carbocycles. The lowest BCUT2D eigenvalue weighted by Crippen LogP contribution is -2.49. The fourth-order valence-corrected chi connectivity index (χ4v) is 5.53. The van der Waals surface area contributed by atoms with Crippen molar-refractivity contribution in [1.29, 1.82) is 5.26 Å². The maximum absolute atomic E-state index is 12.6. The molecule has 0 aliphatic carbocycles. The number of aryl methyl sites for hydroxylation is 1. The van der Waals surface area contributed by atoms with Crippen LogP contribution >= 0.6 is 8.38 Å². The summed E-state index contributed by atoms with van der Waals surface area (Å²) in [4.78, 5) is 26.9. The third-order valence-corrected chi connectivity index (χ3v) is 11.7. The van der Waals surface area contributed by atoms with Crippen LogP contribution in [0, 0.1) is 18.3 Å². The minimum absolute atomic E-state index is 0.0282. The first-order chi connectivity index (χ1) is 14.8. The Morgan fingerprint density at radius 1 is 1.31 bits per heavy atom. The number of H-pyrrole nitrogens is 1. The van der Waals surface area contributed by atoms with Gasteiger partial charge in [-0.3, -0.25) is 14.3 Å². The van der Waals surface area contributed by atoms with Crippen LogP contribution < -0.4 is 11.2 Å². The molecule has 1 aliphatic rings. The summed E-state index contributed by atoms with van der Waals surface area (Å²) in [7, 11) is -3.54. The molecule has 1 aromatic rings. The summed E-state index contributed by atoms with van der Waals surface area (Å²) < 4.78 is 26.4. The second-order valence-corrected chi connectivity index (χ2v) is 15.7. The Morgan fingerprint density at radius 3 is 2.53 bits per heavy atom. The van der Waals surface area contributed by atoms with Crippen LogP contribution in [0.25, 0.3) is 0 Å². The second-order valence-electron chi connectivity index (χ2n) is 9.55. The van der Waals surface area contributed by atoms with Gasteiger partial charge in [0.15, 0.2) is 22.9 Å². The molecule has 1 aliphatic heterocycles. The molecule has 0 amide bonds. The van der Waals surface area contributed by atoms with E-state index in [2.05, 4.69) is 38.8 Å². The van der Waals surface area contributed by atoms with Crippen molar-refractivity contribution in [3.05, 3.63) is 32.6 Å². The molecule has 1 fully saturated rings. The molecule has 0 radical (unpaired) electrons. The van der Waals surface area contributed by atoms with Gasteiger partial charge in [-0.25, -0.2) is 4.79 Å². The highest BCUT2D eigenvalue weighted by molar-refractivity contribution is 7.46. The molecular formula is C21H36N3O6PSi. The van der Waals surface area contributed by atoms with Crippen LogP contribution in [0.1, 0.15) is 52.3 Å². The number of hydrogen-bond donors (Lipinski definition) is 1. The molecule has 180 valence electrons. The van der Waals surface area contributed by atoms with Crippen molar-refractivity contribution in [3.8, 4) is 6.07 Å². The van der Waals surface area contributed by atoms with Crippen LogP contribution in [0.3, 0.4) is 0 Å². The molecule has 0 saturated carbocycles. The lowest BCUT2D eigenvalue weighted by molar-refractivity contribution is -0.0351. The van der Waals surface area contributed by atoms with Crippen LogP contribution in [0.5, 0.6) is 0 Å². The lowest BCUT2D eigenvalue weighted by atomic mass is 10.1. The van der Waals surface area contributed by atoms with Gasteiger partial charge in [0.2, 0.25) is 0 Å². The SMILES string of the molecule is CC[C@H]1O[C@@H](n2cc(C)c(=O)[nH]c2=O)C(OP(C)OCCC#N)[C@H]1O[Si](C)(C)C(C)(C)C. The maximum atomic E-state index is 12.6. The summed E-state index contributed by atoms with van der Waals surface area (Å²) >= 11 is 0. The van der Waals surface area contributed by atoms with E-state index in [9.17, 15) is 9.59 Å². The van der Waals surface area contributed by atoms with E-state index in [1.165, 1.54) is 10.8 Å². The Labute approximate surface area is 192 Å². The van der Waals surface area contributed by atoms with Crippen LogP contribution in [0.4, 0.5) is 0 Å². The number of rotatable bonds is 9. The number of nitrogens with one attached hydrogen (secondary N) is 1. The van der Waals surface area contributed by atoms with E-state index in [1.54, 1.807) is 6.92 Å². The highest BCUT2D eigenvalue weighted by atomic mass is 31.2. The van der Waals surface area contributed by atoms with E-state index in [4.69, 9.17) is 23.5 Å². The van der Waals surface area contributed by atoms with E-state index in [0.717, 1.165) is 0 Å². The highest BCUT2D eigenvalue weighted by Crippen LogP contribution is 2.47. The number of ether oxygens (including phenoxy) is 1. The minimum Gasteiger partial charge on any atom is -0.408 e. The van der Waals surface area contributed by atoms with Gasteiger partial charge in [-0.15, -0.1) is 0 Å². The molecule has 0 spiro atoms. The third kappa shape index (κ3) is 6.16. The van der Waals surface area contributed by atoms with Gasteiger partial charge in [0, 0.05) is 18.4 Å². The van der Waals surface area contributed by atoms with Gasteiger partial charge in [0.1, 0.15) is 12.2 Å². The normalized spacial score (nSPS) is 25.0. The predicted octanol–water partition coefficient (Wildman–Crippen LogP) is 3.80. The molecule has 2 unspecified atom stereocenters. The van der Waals surface area contributed by atoms with E-state index < -0.39 is 46.4 Å². The average Bonchev–Trinajstić information content (AvgIpc) is 3.00. The maximum Gasteiger partial charge on any atom is 0.330 e. The van der Waals surface area contributed by atoms with Crippen molar-refractivity contribution < 1.29 is 18.2 Å². The number of hydrogen-bond acceptors (Lipinski definition) is 7. The van der Waals surface area contributed by atoms with Gasteiger partial charge in [-0.05, 0) is 31.5 Å². The van der Waals surface area contributed by atoms with Crippen LogP contribution in [-0.4, -0.2) is 49.5 Å². The van der Waals surface area contributed by atoms with Crippen molar-refractivity contribution in [2.75, 3.05) is 13.3 Å². The Kier molecular flexibility index (Phi) is 9.02. The number of aromatic amines is 1.